The van der Waals surface area contributed by atoms with Crippen molar-refractivity contribution < 1.29 is 28.7 Å². The lowest BCUT2D eigenvalue weighted by Crippen LogP contribution is -2.38. The summed E-state index contributed by atoms with van der Waals surface area (Å²) >= 11 is 0. The van der Waals surface area contributed by atoms with Crippen molar-refractivity contribution in [3.05, 3.63) is 0 Å². The molecule has 2 heterocycles. The molecule has 2 aliphatic heterocycles. The summed E-state index contributed by atoms with van der Waals surface area (Å²) in [6, 6.07) is 0. The van der Waals surface area contributed by atoms with Crippen LogP contribution in [0.2, 0.25) is 0 Å². The second-order valence-electron chi connectivity index (χ2n) is 5.45. The summed E-state index contributed by atoms with van der Waals surface area (Å²) < 4.78 is 9.58. The van der Waals surface area contributed by atoms with Gasteiger partial charge in [-0.1, -0.05) is 0 Å². The molecule has 0 aromatic carbocycles. The molecule has 136 valence electrons. The quantitative estimate of drug-likeness (QED) is 0.757. The predicted molar refractivity (Wildman–Crippen MR) is 85.7 cm³/mol. The first kappa shape index (κ1) is 19.9. The van der Waals surface area contributed by atoms with Crippen LogP contribution in [-0.2, 0) is 19.1 Å². The highest BCUT2D eigenvalue weighted by Gasteiger charge is 2.21. The molecule has 2 amide bonds. The van der Waals surface area contributed by atoms with E-state index in [-0.39, 0.29) is 23.8 Å². The molecule has 0 atom stereocenters. The molecule has 0 aromatic rings. The van der Waals surface area contributed by atoms with Gasteiger partial charge >= 0.3 is 12.2 Å². The molecule has 0 unspecified atom stereocenters. The molecular formula is C16H26N2O6. The number of ketones is 2. The summed E-state index contributed by atoms with van der Waals surface area (Å²) in [5.41, 5.74) is 0. The zero-order chi connectivity index (χ0) is 17.9. The number of carbonyl (C=O) groups is 4. The number of nitrogens with zero attached hydrogens (tertiary/aromatic N) is 2. The molecule has 24 heavy (non-hydrogen) atoms. The summed E-state index contributed by atoms with van der Waals surface area (Å²) in [5.74, 6) is 0.464. The number of piperidine rings is 2. The zero-order valence-electron chi connectivity index (χ0n) is 14.4. The lowest BCUT2D eigenvalue weighted by atomic mass is 10.1. The van der Waals surface area contributed by atoms with Crippen molar-refractivity contribution in [2.75, 3.05) is 39.4 Å². The lowest BCUT2D eigenvalue weighted by molar-refractivity contribution is -0.122. The second-order valence-corrected chi connectivity index (χ2v) is 5.45. The smallest absolute Gasteiger partial charge is 0.409 e. The standard InChI is InChI=1S/2C8H13NO3/c2*1-2-12-8(11)9-5-3-7(10)4-6-9/h2*2-6H2,1H3. The van der Waals surface area contributed by atoms with Crippen LogP contribution in [0.3, 0.4) is 0 Å². The van der Waals surface area contributed by atoms with Gasteiger partial charge in [0.1, 0.15) is 11.6 Å². The Bertz CT molecular complexity index is 403. The van der Waals surface area contributed by atoms with Crippen molar-refractivity contribution in [3.8, 4) is 0 Å². The number of Topliss-reactive ketones (excluding diaryl/α,β-unsaturated/α-hetero) is 2. The number of carbonyl (C=O) groups excluding carboxylic acids is 4. The van der Waals surface area contributed by atoms with Gasteiger partial charge in [0.25, 0.3) is 0 Å². The number of hydrogen-bond acceptors (Lipinski definition) is 6. The van der Waals surface area contributed by atoms with Crippen molar-refractivity contribution in [2.45, 2.75) is 39.5 Å². The molecule has 2 aliphatic rings. The summed E-state index contributed by atoms with van der Waals surface area (Å²) in [6.45, 7) is 6.37. The van der Waals surface area contributed by atoms with E-state index in [9.17, 15) is 19.2 Å². The second kappa shape index (κ2) is 10.6. The Morgan fingerprint density at radius 1 is 0.750 bits per heavy atom. The highest BCUT2D eigenvalue weighted by Crippen LogP contribution is 2.07. The van der Waals surface area contributed by atoms with E-state index >= 15 is 0 Å². The van der Waals surface area contributed by atoms with E-state index in [0.717, 1.165) is 0 Å². The van der Waals surface area contributed by atoms with Gasteiger partial charge < -0.3 is 19.3 Å². The third-order valence-corrected chi connectivity index (χ3v) is 3.69. The largest absolute Gasteiger partial charge is 0.450 e. The van der Waals surface area contributed by atoms with Crippen molar-refractivity contribution in [2.24, 2.45) is 0 Å². The maximum Gasteiger partial charge on any atom is 0.409 e. The Hall–Kier alpha value is -2.12. The molecular weight excluding hydrogens is 316 g/mol. The first-order valence-electron chi connectivity index (χ1n) is 8.34. The molecule has 2 rings (SSSR count). The van der Waals surface area contributed by atoms with E-state index in [4.69, 9.17) is 9.47 Å². The summed E-state index contributed by atoms with van der Waals surface area (Å²) in [4.78, 5) is 47.0. The van der Waals surface area contributed by atoms with Crippen LogP contribution in [0.25, 0.3) is 0 Å². The first-order chi connectivity index (χ1) is 11.5. The molecule has 8 heteroatoms. The van der Waals surface area contributed by atoms with Crippen molar-refractivity contribution >= 4 is 23.8 Å². The van der Waals surface area contributed by atoms with Gasteiger partial charge in [-0.05, 0) is 13.8 Å². The number of likely N-dealkylation sites (tertiary alicyclic amines) is 2. The number of amides is 2. The fraction of sp³-hybridized carbons (Fsp3) is 0.750. The first-order valence-corrected chi connectivity index (χ1v) is 8.34. The van der Waals surface area contributed by atoms with E-state index in [1.807, 2.05) is 0 Å². The van der Waals surface area contributed by atoms with Gasteiger partial charge in [0.05, 0.1) is 13.2 Å². The monoisotopic (exact) mass is 342 g/mol. The van der Waals surface area contributed by atoms with Crippen molar-refractivity contribution in [1.29, 1.82) is 0 Å². The van der Waals surface area contributed by atoms with Gasteiger partial charge in [0.2, 0.25) is 0 Å². The molecule has 2 fully saturated rings. The highest BCUT2D eigenvalue weighted by atomic mass is 16.6. The van der Waals surface area contributed by atoms with Gasteiger partial charge in [-0.15, -0.1) is 0 Å². The van der Waals surface area contributed by atoms with Gasteiger partial charge in [0.15, 0.2) is 0 Å². The summed E-state index contributed by atoms with van der Waals surface area (Å²) in [6.07, 6.45) is 1.28. The zero-order valence-corrected chi connectivity index (χ0v) is 14.4. The Morgan fingerprint density at radius 2 is 1.04 bits per heavy atom. The van der Waals surface area contributed by atoms with E-state index < -0.39 is 0 Å². The van der Waals surface area contributed by atoms with Crippen molar-refractivity contribution in [3.63, 3.8) is 0 Å². The maximum absolute atomic E-state index is 11.1. The van der Waals surface area contributed by atoms with Crippen LogP contribution < -0.4 is 0 Å². The van der Waals surface area contributed by atoms with Crippen LogP contribution in [0.4, 0.5) is 9.59 Å². The van der Waals surface area contributed by atoms with Gasteiger partial charge in [-0.2, -0.15) is 0 Å². The van der Waals surface area contributed by atoms with Crippen LogP contribution in [0.15, 0.2) is 0 Å². The van der Waals surface area contributed by atoms with Gasteiger partial charge in [-0.25, -0.2) is 9.59 Å². The van der Waals surface area contributed by atoms with E-state index in [2.05, 4.69) is 0 Å². The molecule has 0 N–H and O–H groups in total. The molecule has 0 aromatic heterocycles. The Morgan fingerprint density at radius 3 is 1.29 bits per heavy atom. The third kappa shape index (κ3) is 6.97. The average molecular weight is 342 g/mol. The molecule has 8 nitrogen and oxygen atoms in total. The van der Waals surface area contributed by atoms with Gasteiger partial charge in [-0.3, -0.25) is 9.59 Å². The Balaban J connectivity index is 0.000000240. The number of ether oxygens (including phenoxy) is 2. The van der Waals surface area contributed by atoms with E-state index in [0.29, 0.717) is 65.1 Å². The fourth-order valence-electron chi connectivity index (χ4n) is 2.31. The SMILES string of the molecule is CCOC(=O)N1CCC(=O)CC1.CCOC(=O)N1CCC(=O)CC1. The minimum atomic E-state index is -0.301. The number of rotatable bonds is 2. The Labute approximate surface area is 142 Å². The minimum absolute atomic E-state index is 0.232. The molecule has 0 radical (unpaired) electrons. The van der Waals surface area contributed by atoms with Crippen molar-refractivity contribution in [1.82, 2.24) is 9.80 Å². The fourth-order valence-corrected chi connectivity index (χ4v) is 2.31. The maximum atomic E-state index is 11.1. The van der Waals surface area contributed by atoms with Crippen LogP contribution in [0.1, 0.15) is 39.5 Å². The minimum Gasteiger partial charge on any atom is -0.450 e. The average Bonchev–Trinajstić information content (AvgIpc) is 2.57. The predicted octanol–water partition coefficient (Wildman–Crippen LogP) is 1.62. The van der Waals surface area contributed by atoms with Crippen LogP contribution in [0, 0.1) is 0 Å². The summed E-state index contributed by atoms with van der Waals surface area (Å²) in [5, 5.41) is 0. The van der Waals surface area contributed by atoms with Crippen LogP contribution >= 0.6 is 0 Å². The normalized spacial score (nSPS) is 17.8. The van der Waals surface area contributed by atoms with E-state index in [1.54, 1.807) is 23.6 Å². The molecule has 2 saturated heterocycles. The van der Waals surface area contributed by atoms with Crippen LogP contribution in [-0.4, -0.2) is 72.9 Å². The third-order valence-electron chi connectivity index (χ3n) is 3.69. The molecule has 0 aliphatic carbocycles. The molecule has 0 saturated carbocycles. The molecule has 0 bridgehead atoms. The topological polar surface area (TPSA) is 93.2 Å². The molecule has 0 spiro atoms. The highest BCUT2D eigenvalue weighted by molar-refractivity contribution is 5.82. The Kier molecular flexibility index (Phi) is 8.81. The van der Waals surface area contributed by atoms with Gasteiger partial charge in [0, 0.05) is 51.9 Å². The van der Waals surface area contributed by atoms with Crippen LogP contribution in [0.5, 0.6) is 0 Å². The lowest BCUT2D eigenvalue weighted by Gasteiger charge is -2.24. The van der Waals surface area contributed by atoms with E-state index in [1.165, 1.54) is 0 Å². The number of hydrogen-bond donors (Lipinski definition) is 0. The summed E-state index contributed by atoms with van der Waals surface area (Å²) in [7, 11) is 0.